The molecule has 0 aliphatic carbocycles. The molecule has 4 rings (SSSR count). The maximum absolute atomic E-state index is 14.7. The number of halogens is 1. The van der Waals surface area contributed by atoms with E-state index in [4.69, 9.17) is 4.74 Å². The third kappa shape index (κ3) is 6.79. The number of carbonyl (C=O) groups excluding carboxylic acids is 1. The summed E-state index contributed by atoms with van der Waals surface area (Å²) in [7, 11) is 0. The molecule has 0 spiro atoms. The minimum atomic E-state index is -1.07. The van der Waals surface area contributed by atoms with E-state index in [9.17, 15) is 14.3 Å². The van der Waals surface area contributed by atoms with E-state index in [-0.39, 0.29) is 5.91 Å². The predicted molar refractivity (Wildman–Crippen MR) is 138 cm³/mol. The van der Waals surface area contributed by atoms with Gasteiger partial charge in [-0.1, -0.05) is 26.0 Å². The molecule has 1 unspecified atom stereocenters. The minimum absolute atomic E-state index is 0.0597. The number of likely N-dealkylation sites (tertiary alicyclic amines) is 2. The normalized spacial score (nSPS) is 19.9. The molecule has 36 heavy (non-hydrogen) atoms. The van der Waals surface area contributed by atoms with Crippen LogP contribution in [0.15, 0.2) is 36.7 Å². The van der Waals surface area contributed by atoms with Gasteiger partial charge in [-0.05, 0) is 69.7 Å². The fourth-order valence-corrected chi connectivity index (χ4v) is 5.02. The molecular formula is C28H39FN4O3. The molecule has 0 radical (unpaired) electrons. The van der Waals surface area contributed by atoms with Gasteiger partial charge in [0, 0.05) is 30.8 Å². The highest BCUT2D eigenvalue weighted by atomic mass is 19.1. The van der Waals surface area contributed by atoms with Gasteiger partial charge in [0.05, 0.1) is 25.1 Å². The van der Waals surface area contributed by atoms with Crippen LogP contribution >= 0.6 is 0 Å². The number of aromatic nitrogens is 2. The lowest BCUT2D eigenvalue weighted by Crippen LogP contribution is -2.44. The van der Waals surface area contributed by atoms with Crippen LogP contribution < -0.4 is 4.74 Å². The lowest BCUT2D eigenvalue weighted by Gasteiger charge is -2.36. The van der Waals surface area contributed by atoms with Crippen molar-refractivity contribution in [2.24, 2.45) is 5.92 Å². The van der Waals surface area contributed by atoms with E-state index < -0.39 is 11.8 Å². The number of aliphatic hydroxyl groups excluding tert-OH is 1. The van der Waals surface area contributed by atoms with Crippen LogP contribution in [-0.2, 0) is 0 Å². The first-order valence-corrected chi connectivity index (χ1v) is 13.3. The zero-order valence-corrected chi connectivity index (χ0v) is 21.5. The molecule has 8 heteroatoms. The van der Waals surface area contributed by atoms with Crippen molar-refractivity contribution in [3.05, 3.63) is 42.2 Å². The first-order valence-electron chi connectivity index (χ1n) is 13.3. The number of rotatable bonds is 9. The van der Waals surface area contributed by atoms with Gasteiger partial charge in [0.2, 0.25) is 0 Å². The molecule has 2 aliphatic heterocycles. The molecule has 1 N–H and O–H groups in total. The molecule has 1 amide bonds. The number of hydrogen-bond donors (Lipinski definition) is 1. The van der Waals surface area contributed by atoms with E-state index in [2.05, 4.69) is 14.9 Å². The number of amides is 1. The van der Waals surface area contributed by atoms with E-state index >= 15 is 0 Å². The van der Waals surface area contributed by atoms with Gasteiger partial charge in [-0.15, -0.1) is 0 Å². The quantitative estimate of drug-likeness (QED) is 0.554. The largest absolute Gasteiger partial charge is 0.490 e. The van der Waals surface area contributed by atoms with Gasteiger partial charge in [0.1, 0.15) is 5.67 Å². The molecule has 7 nitrogen and oxygen atoms in total. The Morgan fingerprint density at radius 2 is 1.75 bits per heavy atom. The number of piperidine rings is 2. The second-order valence-electron chi connectivity index (χ2n) is 10.3. The van der Waals surface area contributed by atoms with Crippen LogP contribution in [0.3, 0.4) is 0 Å². The summed E-state index contributed by atoms with van der Waals surface area (Å²) in [4.78, 5) is 25.5. The predicted octanol–water partition coefficient (Wildman–Crippen LogP) is 4.36. The van der Waals surface area contributed by atoms with Crippen molar-refractivity contribution < 1.29 is 19.0 Å². The summed E-state index contributed by atoms with van der Waals surface area (Å²) in [6, 6.07) is 7.26. The number of ether oxygens (including phenoxy) is 1. The van der Waals surface area contributed by atoms with E-state index in [0.29, 0.717) is 62.1 Å². The average Bonchev–Trinajstić information content (AvgIpc) is 2.92. The van der Waals surface area contributed by atoms with E-state index in [1.54, 1.807) is 29.4 Å². The zero-order valence-electron chi connectivity index (χ0n) is 21.5. The van der Waals surface area contributed by atoms with E-state index in [1.807, 2.05) is 26.0 Å². The lowest BCUT2D eigenvalue weighted by molar-refractivity contribution is 0.0474. The third-order valence-electron chi connectivity index (χ3n) is 7.67. The Bertz CT molecular complexity index is 973. The minimum Gasteiger partial charge on any atom is -0.490 e. The van der Waals surface area contributed by atoms with Crippen molar-refractivity contribution in [3.63, 3.8) is 0 Å². The Kier molecular flexibility index (Phi) is 8.90. The second-order valence-corrected chi connectivity index (χ2v) is 10.3. The van der Waals surface area contributed by atoms with Gasteiger partial charge in [-0.25, -0.2) is 14.4 Å². The Labute approximate surface area is 213 Å². The molecule has 0 saturated carbocycles. The van der Waals surface area contributed by atoms with Gasteiger partial charge in [0.25, 0.3) is 5.91 Å². The molecule has 0 bridgehead atoms. The van der Waals surface area contributed by atoms with E-state index in [0.717, 1.165) is 44.3 Å². The lowest BCUT2D eigenvalue weighted by atomic mass is 9.94. The van der Waals surface area contributed by atoms with Crippen LogP contribution in [0.1, 0.15) is 62.7 Å². The maximum Gasteiger partial charge on any atom is 0.253 e. The highest BCUT2D eigenvalue weighted by molar-refractivity contribution is 5.94. The van der Waals surface area contributed by atoms with Crippen LogP contribution in [0.4, 0.5) is 4.39 Å². The van der Waals surface area contributed by atoms with Gasteiger partial charge in [0.15, 0.2) is 11.6 Å². The molecule has 196 valence electrons. The van der Waals surface area contributed by atoms with Crippen LogP contribution in [0.25, 0.3) is 11.4 Å². The molecule has 3 heterocycles. The number of nitrogens with zero attached hydrogens (tertiary/aromatic N) is 4. The molecule has 1 aromatic heterocycles. The first-order chi connectivity index (χ1) is 17.4. The van der Waals surface area contributed by atoms with Crippen molar-refractivity contribution in [2.75, 3.05) is 39.3 Å². The topological polar surface area (TPSA) is 78.8 Å². The van der Waals surface area contributed by atoms with Gasteiger partial charge < -0.3 is 19.6 Å². The molecule has 2 aliphatic rings. The Morgan fingerprint density at radius 1 is 1.08 bits per heavy atom. The Balaban J connectivity index is 1.24. The third-order valence-corrected chi connectivity index (χ3v) is 7.67. The molecule has 2 aromatic rings. The SMILES string of the molecule is CCC(F)(CC)CN1CCC(COc2cnc(-c3ccc(C(=O)N4CCCC(O)C4)cc3)nc2)CC1. The summed E-state index contributed by atoms with van der Waals surface area (Å²) in [6.45, 7) is 7.88. The highest BCUT2D eigenvalue weighted by Crippen LogP contribution is 2.26. The molecule has 1 aromatic carbocycles. The average molecular weight is 499 g/mol. The highest BCUT2D eigenvalue weighted by Gasteiger charge is 2.30. The van der Waals surface area contributed by atoms with Crippen molar-refractivity contribution in [3.8, 4) is 17.1 Å². The fraction of sp³-hybridized carbons (Fsp3) is 0.607. The smallest absolute Gasteiger partial charge is 0.253 e. The van der Waals surface area contributed by atoms with Crippen LogP contribution in [0.2, 0.25) is 0 Å². The number of benzene rings is 1. The summed E-state index contributed by atoms with van der Waals surface area (Å²) in [5.74, 6) is 1.60. The summed E-state index contributed by atoms with van der Waals surface area (Å²) in [5.41, 5.74) is 0.350. The van der Waals surface area contributed by atoms with Crippen molar-refractivity contribution >= 4 is 5.91 Å². The van der Waals surface area contributed by atoms with Crippen molar-refractivity contribution in [1.29, 1.82) is 0 Å². The van der Waals surface area contributed by atoms with Gasteiger partial charge in [-0.2, -0.15) is 0 Å². The zero-order chi connectivity index (χ0) is 25.5. The summed E-state index contributed by atoms with van der Waals surface area (Å²) >= 11 is 0. The molecule has 1 atom stereocenters. The summed E-state index contributed by atoms with van der Waals surface area (Å²) < 4.78 is 20.6. The van der Waals surface area contributed by atoms with Crippen LogP contribution in [0, 0.1) is 5.92 Å². The Hall–Kier alpha value is -2.58. The van der Waals surface area contributed by atoms with Crippen LogP contribution in [0.5, 0.6) is 5.75 Å². The number of carbonyl (C=O) groups is 1. The Morgan fingerprint density at radius 3 is 2.36 bits per heavy atom. The van der Waals surface area contributed by atoms with Crippen LogP contribution in [-0.4, -0.2) is 81.9 Å². The summed E-state index contributed by atoms with van der Waals surface area (Å²) in [5, 5.41) is 9.83. The van der Waals surface area contributed by atoms with Crippen molar-refractivity contribution in [2.45, 2.75) is 64.1 Å². The molecular weight excluding hydrogens is 459 g/mol. The molecule has 2 fully saturated rings. The number of aliphatic hydroxyl groups is 1. The van der Waals surface area contributed by atoms with Gasteiger partial charge in [-0.3, -0.25) is 4.79 Å². The number of alkyl halides is 1. The van der Waals surface area contributed by atoms with Crippen molar-refractivity contribution in [1.82, 2.24) is 19.8 Å². The monoisotopic (exact) mass is 498 g/mol. The molecule has 2 saturated heterocycles. The number of hydrogen-bond acceptors (Lipinski definition) is 6. The second kappa shape index (κ2) is 12.1. The van der Waals surface area contributed by atoms with Gasteiger partial charge >= 0.3 is 0 Å². The summed E-state index contributed by atoms with van der Waals surface area (Å²) in [6.07, 6.45) is 7.64. The van der Waals surface area contributed by atoms with E-state index in [1.165, 1.54) is 0 Å². The maximum atomic E-state index is 14.7. The standard InChI is InChI=1S/C28H39FN4O3/c1-3-28(29,4-2)20-32-14-11-21(12-15-32)19-36-25-16-30-26(31-17-25)22-7-9-23(10-8-22)27(35)33-13-5-6-24(34)18-33/h7-10,16-17,21,24,34H,3-6,11-15,18-20H2,1-2H3. The first kappa shape index (κ1) is 26.5. The number of β-amino-alcohol motifs (C(OH)–C–C–N with tert-alkyl or cyclic N) is 1. The fourth-order valence-electron chi connectivity index (χ4n) is 5.02.